The maximum Gasteiger partial charge on any atom is 0.356 e. The summed E-state index contributed by atoms with van der Waals surface area (Å²) in [6, 6.07) is 9.37. The number of hydrogen-bond donors (Lipinski definition) is 2. The lowest BCUT2D eigenvalue weighted by Gasteiger charge is -2.45. The molecule has 2 heterocycles. The van der Waals surface area contributed by atoms with Gasteiger partial charge in [0.05, 0.1) is 12.1 Å². The van der Waals surface area contributed by atoms with Crippen molar-refractivity contribution in [3.63, 3.8) is 0 Å². The number of guanidine groups is 2. The molecule has 8 heteroatoms. The number of anilines is 1. The van der Waals surface area contributed by atoms with Gasteiger partial charge in [-0.05, 0) is 50.8 Å². The third-order valence-corrected chi connectivity index (χ3v) is 5.27. The SMILES string of the molecule is CCOC(=O)c1ccc2ccc(N3C(N)=NC(N)=NC34CCCCC4)cc2n1. The molecule has 1 aliphatic carbocycles. The van der Waals surface area contributed by atoms with Gasteiger partial charge in [-0.1, -0.05) is 18.6 Å². The normalized spacial score (nSPS) is 18.7. The number of fused-ring (bicyclic) bond motifs is 1. The minimum atomic E-state index is -0.513. The van der Waals surface area contributed by atoms with Crippen LogP contribution in [0.15, 0.2) is 40.3 Å². The number of carbonyl (C=O) groups is 1. The Bertz CT molecular complexity index is 978. The quantitative estimate of drug-likeness (QED) is 0.790. The monoisotopic (exact) mass is 380 g/mol. The highest BCUT2D eigenvalue weighted by Crippen LogP contribution is 2.40. The smallest absolute Gasteiger partial charge is 0.356 e. The van der Waals surface area contributed by atoms with Gasteiger partial charge in [-0.15, -0.1) is 0 Å². The van der Waals surface area contributed by atoms with Crippen molar-refractivity contribution in [1.29, 1.82) is 0 Å². The van der Waals surface area contributed by atoms with Gasteiger partial charge in [-0.3, -0.25) is 4.90 Å². The van der Waals surface area contributed by atoms with Crippen molar-refractivity contribution in [2.24, 2.45) is 21.5 Å². The van der Waals surface area contributed by atoms with E-state index >= 15 is 0 Å². The van der Waals surface area contributed by atoms with E-state index in [-0.39, 0.29) is 11.7 Å². The summed E-state index contributed by atoms with van der Waals surface area (Å²) in [7, 11) is 0. The van der Waals surface area contributed by atoms with E-state index in [0.717, 1.165) is 36.8 Å². The standard InChI is InChI=1S/C20H24N6O2/c1-2-28-17(27)15-9-7-13-6-8-14(12-16(13)23-15)26-19(22)24-18(21)25-20(26)10-4-3-5-11-20/h6-9,12H,2-5,10-11H2,1H3,(H4,21,22,24,25). The summed E-state index contributed by atoms with van der Waals surface area (Å²) in [5, 5.41) is 0.921. The van der Waals surface area contributed by atoms with Crippen LogP contribution in [0.1, 0.15) is 49.5 Å². The first-order chi connectivity index (χ1) is 13.5. The zero-order chi connectivity index (χ0) is 19.7. The number of benzene rings is 1. The maximum atomic E-state index is 12.0. The van der Waals surface area contributed by atoms with Gasteiger partial charge in [-0.2, -0.15) is 4.99 Å². The fraction of sp³-hybridized carbons (Fsp3) is 0.400. The number of pyridine rings is 1. The summed E-state index contributed by atoms with van der Waals surface area (Å²) in [5.74, 6) is 0.115. The molecule has 0 atom stereocenters. The van der Waals surface area contributed by atoms with E-state index in [1.54, 1.807) is 13.0 Å². The Morgan fingerprint density at radius 1 is 1.18 bits per heavy atom. The fourth-order valence-electron chi connectivity index (χ4n) is 4.06. The van der Waals surface area contributed by atoms with Crippen LogP contribution in [0.5, 0.6) is 0 Å². The summed E-state index contributed by atoms with van der Waals surface area (Å²) < 4.78 is 5.06. The number of nitrogens with zero attached hydrogens (tertiary/aromatic N) is 4. The highest BCUT2D eigenvalue weighted by atomic mass is 16.5. The predicted molar refractivity (Wildman–Crippen MR) is 109 cm³/mol. The molecule has 0 amide bonds. The molecule has 0 bridgehead atoms. The first kappa shape index (κ1) is 18.2. The van der Waals surface area contributed by atoms with Crippen LogP contribution in [0.3, 0.4) is 0 Å². The number of nitrogens with two attached hydrogens (primary N) is 2. The molecule has 1 spiro atoms. The largest absolute Gasteiger partial charge is 0.461 e. The van der Waals surface area contributed by atoms with Gasteiger partial charge >= 0.3 is 5.97 Å². The van der Waals surface area contributed by atoms with Crippen LogP contribution in [-0.4, -0.2) is 35.1 Å². The molecule has 1 aliphatic heterocycles. The van der Waals surface area contributed by atoms with E-state index in [9.17, 15) is 4.79 Å². The number of aromatic nitrogens is 1. The summed E-state index contributed by atoms with van der Waals surface area (Å²) in [6.07, 6.45) is 5.00. The van der Waals surface area contributed by atoms with Crippen molar-refractivity contribution < 1.29 is 9.53 Å². The third kappa shape index (κ3) is 3.15. The molecule has 146 valence electrons. The van der Waals surface area contributed by atoms with E-state index in [2.05, 4.69) is 15.0 Å². The van der Waals surface area contributed by atoms with Gasteiger partial charge in [0.25, 0.3) is 0 Å². The highest BCUT2D eigenvalue weighted by Gasteiger charge is 2.42. The van der Waals surface area contributed by atoms with Gasteiger partial charge in [0.2, 0.25) is 11.9 Å². The molecule has 1 saturated carbocycles. The first-order valence-corrected chi connectivity index (χ1v) is 9.60. The van der Waals surface area contributed by atoms with Crippen LogP contribution in [0.25, 0.3) is 10.9 Å². The topological polar surface area (TPSA) is 119 Å². The summed E-state index contributed by atoms with van der Waals surface area (Å²) >= 11 is 0. The van der Waals surface area contributed by atoms with Crippen LogP contribution in [0, 0.1) is 0 Å². The summed E-state index contributed by atoms with van der Waals surface area (Å²) in [4.78, 5) is 27.4. The molecule has 0 unspecified atom stereocenters. The van der Waals surface area contributed by atoms with Crippen LogP contribution >= 0.6 is 0 Å². The summed E-state index contributed by atoms with van der Waals surface area (Å²) in [6.45, 7) is 2.08. The summed E-state index contributed by atoms with van der Waals surface area (Å²) in [5.41, 5.74) is 13.5. The van der Waals surface area contributed by atoms with Crippen LogP contribution in [-0.2, 0) is 4.74 Å². The second-order valence-electron chi connectivity index (χ2n) is 7.11. The van der Waals surface area contributed by atoms with E-state index in [1.807, 2.05) is 29.2 Å². The zero-order valence-electron chi connectivity index (χ0n) is 15.9. The Morgan fingerprint density at radius 3 is 2.68 bits per heavy atom. The molecule has 0 saturated heterocycles. The molecule has 4 rings (SSSR count). The molecule has 2 aliphatic rings. The van der Waals surface area contributed by atoms with E-state index in [4.69, 9.17) is 16.2 Å². The molecule has 8 nitrogen and oxygen atoms in total. The minimum Gasteiger partial charge on any atom is -0.461 e. The van der Waals surface area contributed by atoms with Crippen LogP contribution in [0.2, 0.25) is 0 Å². The molecule has 0 radical (unpaired) electrons. The molecule has 28 heavy (non-hydrogen) atoms. The number of aliphatic imine (C=N–C) groups is 2. The Kier molecular flexibility index (Phi) is 4.62. The second-order valence-corrected chi connectivity index (χ2v) is 7.11. The molecule has 1 fully saturated rings. The van der Waals surface area contributed by atoms with Crippen molar-refractivity contribution in [3.8, 4) is 0 Å². The molecule has 1 aromatic carbocycles. The number of hydrogen-bond acceptors (Lipinski definition) is 8. The van der Waals surface area contributed by atoms with Crippen molar-refractivity contribution in [1.82, 2.24) is 4.98 Å². The number of esters is 1. The molecular formula is C20H24N6O2. The average molecular weight is 380 g/mol. The van der Waals surface area contributed by atoms with Crippen molar-refractivity contribution in [3.05, 3.63) is 36.0 Å². The van der Waals surface area contributed by atoms with Crippen molar-refractivity contribution in [2.45, 2.75) is 44.7 Å². The van der Waals surface area contributed by atoms with Gasteiger partial charge in [-0.25, -0.2) is 14.8 Å². The predicted octanol–water partition coefficient (Wildman–Crippen LogP) is 2.52. The fourth-order valence-corrected chi connectivity index (χ4v) is 4.06. The van der Waals surface area contributed by atoms with Gasteiger partial charge in [0.1, 0.15) is 11.4 Å². The highest BCUT2D eigenvalue weighted by molar-refractivity contribution is 6.06. The molecular weight excluding hydrogens is 356 g/mol. The van der Waals surface area contributed by atoms with Gasteiger partial charge in [0, 0.05) is 11.1 Å². The molecule has 4 N–H and O–H groups in total. The van der Waals surface area contributed by atoms with Gasteiger partial charge < -0.3 is 16.2 Å². The maximum absolute atomic E-state index is 12.0. The Morgan fingerprint density at radius 2 is 1.93 bits per heavy atom. The Balaban J connectivity index is 1.78. The number of rotatable bonds is 3. The van der Waals surface area contributed by atoms with Crippen LogP contribution in [0.4, 0.5) is 5.69 Å². The molecule has 2 aromatic rings. The Labute approximate surface area is 163 Å². The lowest BCUT2D eigenvalue weighted by molar-refractivity contribution is 0.0520. The first-order valence-electron chi connectivity index (χ1n) is 9.60. The molecule has 1 aromatic heterocycles. The average Bonchev–Trinajstić information content (AvgIpc) is 2.67. The van der Waals surface area contributed by atoms with E-state index < -0.39 is 11.6 Å². The lowest BCUT2D eigenvalue weighted by atomic mass is 9.87. The van der Waals surface area contributed by atoms with Gasteiger partial charge in [0.15, 0.2) is 0 Å². The number of carbonyl (C=O) groups excluding carboxylic acids is 1. The van der Waals surface area contributed by atoms with E-state index in [0.29, 0.717) is 18.1 Å². The lowest BCUT2D eigenvalue weighted by Crippen LogP contribution is -2.58. The Hall–Kier alpha value is -3.16. The number of ether oxygens (including phenoxy) is 1. The van der Waals surface area contributed by atoms with E-state index in [1.165, 1.54) is 6.42 Å². The second kappa shape index (κ2) is 7.10. The zero-order valence-corrected chi connectivity index (χ0v) is 15.9. The van der Waals surface area contributed by atoms with Crippen LogP contribution < -0.4 is 16.4 Å². The van der Waals surface area contributed by atoms with Crippen molar-refractivity contribution in [2.75, 3.05) is 11.5 Å². The third-order valence-electron chi connectivity index (χ3n) is 5.27. The minimum absolute atomic E-state index is 0.221. The van der Waals surface area contributed by atoms with Crippen molar-refractivity contribution >= 4 is 34.5 Å².